The standard InChI is InChI=1S/C25H40O3/c1-18(2)11-9-12-19(3)13-10-14-20(4)15-16-23-22(6)25(27-7,28-8)21(5)17-24(23)26/h11,13,15,17,22-23H,9-10,12,14,16H2,1-8H3/b19-13+,20-15+. The van der Waals surface area contributed by atoms with Gasteiger partial charge in [0.25, 0.3) is 0 Å². The highest BCUT2D eigenvalue weighted by atomic mass is 16.7. The van der Waals surface area contributed by atoms with Crippen LogP contribution in [0.25, 0.3) is 0 Å². The molecule has 0 aliphatic heterocycles. The molecule has 0 spiro atoms. The maximum absolute atomic E-state index is 12.6. The lowest BCUT2D eigenvalue weighted by Crippen LogP contribution is -2.49. The van der Waals surface area contributed by atoms with E-state index in [9.17, 15) is 4.79 Å². The van der Waals surface area contributed by atoms with E-state index >= 15 is 0 Å². The Hall–Kier alpha value is -1.45. The monoisotopic (exact) mass is 388 g/mol. The quantitative estimate of drug-likeness (QED) is 0.314. The van der Waals surface area contributed by atoms with Gasteiger partial charge in [0, 0.05) is 26.1 Å². The Bertz CT molecular complexity index is 641. The molecule has 2 unspecified atom stereocenters. The van der Waals surface area contributed by atoms with E-state index in [-0.39, 0.29) is 17.6 Å². The van der Waals surface area contributed by atoms with Crippen molar-refractivity contribution in [2.45, 2.75) is 79.4 Å². The van der Waals surface area contributed by atoms with Gasteiger partial charge in [-0.3, -0.25) is 4.79 Å². The molecule has 0 saturated carbocycles. The SMILES string of the molecule is COC1(OC)C(C)=CC(=O)C(C/C=C(\C)CC/C=C(\C)CCC=C(C)C)C1C. The maximum atomic E-state index is 12.6. The number of allylic oxidation sites excluding steroid dienone is 7. The van der Waals surface area contributed by atoms with Gasteiger partial charge >= 0.3 is 0 Å². The van der Waals surface area contributed by atoms with Crippen LogP contribution in [0.3, 0.4) is 0 Å². The lowest BCUT2D eigenvalue weighted by Gasteiger charge is -2.43. The van der Waals surface area contributed by atoms with Gasteiger partial charge in [-0.05, 0) is 78.4 Å². The van der Waals surface area contributed by atoms with Gasteiger partial charge in [0.2, 0.25) is 0 Å². The van der Waals surface area contributed by atoms with E-state index in [2.05, 4.69) is 45.9 Å². The number of hydrogen-bond acceptors (Lipinski definition) is 3. The van der Waals surface area contributed by atoms with Crippen LogP contribution in [0.5, 0.6) is 0 Å². The summed E-state index contributed by atoms with van der Waals surface area (Å²) in [5, 5.41) is 0. The van der Waals surface area contributed by atoms with Crippen molar-refractivity contribution in [2.24, 2.45) is 11.8 Å². The first-order valence-corrected chi connectivity index (χ1v) is 10.5. The highest BCUT2D eigenvalue weighted by Gasteiger charge is 2.47. The van der Waals surface area contributed by atoms with E-state index in [0.29, 0.717) is 0 Å². The molecule has 0 amide bonds. The van der Waals surface area contributed by atoms with Crippen molar-refractivity contribution >= 4 is 5.78 Å². The fraction of sp³-hybridized carbons (Fsp3) is 0.640. The van der Waals surface area contributed by atoms with Crippen LogP contribution in [-0.2, 0) is 14.3 Å². The van der Waals surface area contributed by atoms with Crippen LogP contribution in [0.15, 0.2) is 46.6 Å². The highest BCUT2D eigenvalue weighted by molar-refractivity contribution is 5.94. The molecule has 3 heteroatoms. The summed E-state index contributed by atoms with van der Waals surface area (Å²) in [4.78, 5) is 12.6. The third kappa shape index (κ3) is 6.56. The van der Waals surface area contributed by atoms with Crippen LogP contribution < -0.4 is 0 Å². The largest absolute Gasteiger partial charge is 0.349 e. The molecule has 0 N–H and O–H groups in total. The molecule has 0 aromatic rings. The van der Waals surface area contributed by atoms with Crippen LogP contribution in [0.4, 0.5) is 0 Å². The third-order valence-corrected chi connectivity index (χ3v) is 5.93. The summed E-state index contributed by atoms with van der Waals surface area (Å²) in [6.45, 7) is 12.6. The first-order valence-electron chi connectivity index (χ1n) is 10.5. The second kappa shape index (κ2) is 11.5. The number of ketones is 1. The minimum Gasteiger partial charge on any atom is -0.349 e. The molecule has 2 atom stereocenters. The van der Waals surface area contributed by atoms with E-state index in [1.165, 1.54) is 16.7 Å². The molecule has 0 saturated heterocycles. The van der Waals surface area contributed by atoms with Crippen molar-refractivity contribution in [1.82, 2.24) is 0 Å². The Kier molecular flexibility index (Phi) is 10.1. The Morgan fingerprint density at radius 1 is 1.00 bits per heavy atom. The zero-order valence-corrected chi connectivity index (χ0v) is 19.2. The van der Waals surface area contributed by atoms with Gasteiger partial charge in [-0.1, -0.05) is 41.9 Å². The average molecular weight is 389 g/mol. The third-order valence-electron chi connectivity index (χ3n) is 5.93. The smallest absolute Gasteiger partial charge is 0.193 e. The number of ether oxygens (including phenoxy) is 2. The zero-order valence-electron chi connectivity index (χ0n) is 19.2. The summed E-state index contributed by atoms with van der Waals surface area (Å²) in [5.74, 6) is -0.763. The Labute approximate surface area is 172 Å². The molecular weight excluding hydrogens is 348 g/mol. The Morgan fingerprint density at radius 2 is 1.54 bits per heavy atom. The molecule has 3 nitrogen and oxygen atoms in total. The molecule has 28 heavy (non-hydrogen) atoms. The highest BCUT2D eigenvalue weighted by Crippen LogP contribution is 2.41. The van der Waals surface area contributed by atoms with Crippen LogP contribution in [-0.4, -0.2) is 25.8 Å². The van der Waals surface area contributed by atoms with Crippen LogP contribution in [0.1, 0.15) is 73.6 Å². The van der Waals surface area contributed by atoms with E-state index < -0.39 is 5.79 Å². The Morgan fingerprint density at radius 3 is 2.07 bits per heavy atom. The number of methoxy groups -OCH3 is 2. The predicted molar refractivity (Wildman–Crippen MR) is 118 cm³/mol. The summed E-state index contributed by atoms with van der Waals surface area (Å²) in [7, 11) is 3.30. The van der Waals surface area contributed by atoms with Crippen molar-refractivity contribution in [3.63, 3.8) is 0 Å². The van der Waals surface area contributed by atoms with Crippen LogP contribution in [0, 0.1) is 11.8 Å². The van der Waals surface area contributed by atoms with Gasteiger partial charge in [-0.15, -0.1) is 0 Å². The minimum absolute atomic E-state index is 0.0266. The molecule has 0 radical (unpaired) electrons. The molecule has 158 valence electrons. The molecule has 1 rings (SSSR count). The van der Waals surface area contributed by atoms with Crippen molar-refractivity contribution in [2.75, 3.05) is 14.2 Å². The molecule has 0 aromatic carbocycles. The van der Waals surface area contributed by atoms with Crippen LogP contribution in [0.2, 0.25) is 0 Å². The fourth-order valence-corrected chi connectivity index (χ4v) is 4.06. The molecule has 0 fully saturated rings. The van der Waals surface area contributed by atoms with E-state index in [1.807, 2.05) is 13.8 Å². The van der Waals surface area contributed by atoms with E-state index in [0.717, 1.165) is 37.7 Å². The average Bonchev–Trinajstić information content (AvgIpc) is 2.62. The first kappa shape index (κ1) is 24.6. The summed E-state index contributed by atoms with van der Waals surface area (Å²) >= 11 is 0. The number of carbonyl (C=O) groups is 1. The lowest BCUT2D eigenvalue weighted by atomic mass is 9.73. The van der Waals surface area contributed by atoms with Crippen molar-refractivity contribution < 1.29 is 14.3 Å². The van der Waals surface area contributed by atoms with Crippen molar-refractivity contribution in [1.29, 1.82) is 0 Å². The van der Waals surface area contributed by atoms with Gasteiger partial charge in [0.1, 0.15) is 0 Å². The normalized spacial score (nSPS) is 22.9. The molecular formula is C25H40O3. The molecule has 1 aliphatic rings. The topological polar surface area (TPSA) is 35.5 Å². The van der Waals surface area contributed by atoms with Gasteiger partial charge in [0.15, 0.2) is 11.6 Å². The van der Waals surface area contributed by atoms with Crippen LogP contribution >= 0.6 is 0 Å². The zero-order chi connectivity index (χ0) is 21.3. The van der Waals surface area contributed by atoms with Gasteiger partial charge in [-0.25, -0.2) is 0 Å². The molecule has 1 aliphatic carbocycles. The number of rotatable bonds is 10. The van der Waals surface area contributed by atoms with Gasteiger partial charge < -0.3 is 9.47 Å². The van der Waals surface area contributed by atoms with Crippen molar-refractivity contribution in [3.05, 3.63) is 46.6 Å². The van der Waals surface area contributed by atoms with E-state index in [4.69, 9.17) is 9.47 Å². The number of hydrogen-bond donors (Lipinski definition) is 0. The number of carbonyl (C=O) groups excluding carboxylic acids is 1. The molecule has 0 bridgehead atoms. The summed E-state index contributed by atoms with van der Waals surface area (Å²) in [6.07, 6.45) is 13.6. The maximum Gasteiger partial charge on any atom is 0.193 e. The summed E-state index contributed by atoms with van der Waals surface area (Å²) < 4.78 is 11.4. The van der Waals surface area contributed by atoms with Crippen molar-refractivity contribution in [3.8, 4) is 0 Å². The second-order valence-corrected chi connectivity index (χ2v) is 8.40. The summed E-state index contributed by atoms with van der Waals surface area (Å²) in [6, 6.07) is 0. The molecule has 0 heterocycles. The van der Waals surface area contributed by atoms with E-state index in [1.54, 1.807) is 20.3 Å². The minimum atomic E-state index is -0.800. The van der Waals surface area contributed by atoms with Gasteiger partial charge in [-0.2, -0.15) is 0 Å². The molecule has 0 aromatic heterocycles. The van der Waals surface area contributed by atoms with Gasteiger partial charge in [0.05, 0.1) is 0 Å². The summed E-state index contributed by atoms with van der Waals surface area (Å²) in [5.41, 5.74) is 5.02. The predicted octanol–water partition coefficient (Wildman–Crippen LogP) is 6.57. The Balaban J connectivity index is 2.65. The lowest BCUT2D eigenvalue weighted by molar-refractivity contribution is -0.221. The first-order chi connectivity index (χ1) is 13.2. The fourth-order valence-electron chi connectivity index (χ4n) is 4.06. The second-order valence-electron chi connectivity index (χ2n) is 8.40.